The number of fused-ring (bicyclic) bond motifs is 3. The zero-order valence-corrected chi connectivity index (χ0v) is 31.9. The number of hydrogen-bond acceptors (Lipinski definition) is 9. The number of benzene rings is 2. The number of nitrogens with zero attached hydrogens (tertiary/aromatic N) is 2. The van der Waals surface area contributed by atoms with Crippen molar-refractivity contribution < 1.29 is 42.2 Å². The lowest BCUT2D eigenvalue weighted by Crippen LogP contribution is -2.59. The van der Waals surface area contributed by atoms with E-state index in [9.17, 15) is 32.7 Å². The van der Waals surface area contributed by atoms with Crippen LogP contribution in [0.3, 0.4) is 0 Å². The molecule has 1 saturated heterocycles. The Hall–Kier alpha value is -5.18. The number of nitrogens with one attached hydrogen (secondary N) is 3. The monoisotopic (exact) mass is 773 g/mol. The maximum atomic E-state index is 14.5. The molecule has 3 fully saturated rings. The number of ether oxygens (including phenoxy) is 2. The molecule has 55 heavy (non-hydrogen) atoms. The van der Waals surface area contributed by atoms with Crippen LogP contribution in [0.1, 0.15) is 58.8 Å². The molecule has 0 spiro atoms. The number of pyridine rings is 1. The van der Waals surface area contributed by atoms with Crippen molar-refractivity contribution in [2.24, 2.45) is 17.8 Å². The van der Waals surface area contributed by atoms with Gasteiger partial charge in [0.2, 0.25) is 27.7 Å². The largest absolute Gasteiger partial charge is 0.497 e. The molecule has 7 atom stereocenters. The number of hydrogen-bond donors (Lipinski definition) is 4. The molecule has 1 aromatic heterocycles. The molecule has 3 heterocycles. The lowest BCUT2D eigenvalue weighted by molar-refractivity contribution is -0.142. The van der Waals surface area contributed by atoms with E-state index in [1.54, 1.807) is 13.2 Å². The number of carbonyl (C=O) groups excluding carboxylic acids is 3. The predicted octanol–water partition coefficient (Wildman–Crippen LogP) is 4.39. The average molecular weight is 774 g/mol. The highest BCUT2D eigenvalue weighted by Gasteiger charge is 2.62. The van der Waals surface area contributed by atoms with Gasteiger partial charge in [0.05, 0.1) is 24.6 Å². The average Bonchev–Trinajstić information content (AvgIpc) is 4.08. The van der Waals surface area contributed by atoms with Crippen molar-refractivity contribution in [2.75, 3.05) is 13.7 Å². The van der Waals surface area contributed by atoms with E-state index in [-0.39, 0.29) is 31.2 Å². The Morgan fingerprint density at radius 1 is 1.04 bits per heavy atom. The van der Waals surface area contributed by atoms with Gasteiger partial charge in [0.25, 0.3) is 5.91 Å². The first-order chi connectivity index (χ1) is 26.3. The van der Waals surface area contributed by atoms with Crippen LogP contribution in [0.2, 0.25) is 0 Å². The molecule has 2 aliphatic heterocycles. The Kier molecular flexibility index (Phi) is 10.5. The summed E-state index contributed by atoms with van der Waals surface area (Å²) >= 11 is 0. The van der Waals surface area contributed by atoms with Gasteiger partial charge in [-0.25, -0.2) is 18.2 Å². The van der Waals surface area contributed by atoms with Crippen molar-refractivity contribution in [3.8, 4) is 22.9 Å². The summed E-state index contributed by atoms with van der Waals surface area (Å²) in [4.78, 5) is 61.0. The molecule has 292 valence electrons. The van der Waals surface area contributed by atoms with E-state index in [0.717, 1.165) is 17.4 Å². The number of aromatic nitrogens is 1. The maximum Gasteiger partial charge on any atom is 0.405 e. The molecule has 14 nitrogen and oxygen atoms in total. The molecule has 4 N–H and O–H groups in total. The van der Waals surface area contributed by atoms with Crippen molar-refractivity contribution in [2.45, 2.75) is 87.8 Å². The fourth-order valence-electron chi connectivity index (χ4n) is 7.97. The normalized spacial score (nSPS) is 29.1. The van der Waals surface area contributed by atoms with Crippen LogP contribution in [0.15, 0.2) is 66.7 Å². The molecule has 4 aliphatic rings. The van der Waals surface area contributed by atoms with E-state index >= 15 is 0 Å². The third-order valence-corrected chi connectivity index (χ3v) is 13.1. The molecule has 15 heteroatoms. The van der Waals surface area contributed by atoms with Gasteiger partial charge in [-0.3, -0.25) is 19.1 Å². The summed E-state index contributed by atoms with van der Waals surface area (Å²) in [7, 11) is -2.34. The molecule has 2 saturated carbocycles. The van der Waals surface area contributed by atoms with Crippen molar-refractivity contribution in [3.05, 3.63) is 66.7 Å². The quantitative estimate of drug-likeness (QED) is 0.239. The minimum atomic E-state index is -3.92. The maximum absolute atomic E-state index is 14.5. The Bertz CT molecular complexity index is 2130. The zero-order valence-electron chi connectivity index (χ0n) is 31.1. The van der Waals surface area contributed by atoms with E-state index in [4.69, 9.17) is 14.5 Å². The number of allylic oxidation sites excluding steroid dienone is 1. The van der Waals surface area contributed by atoms with Crippen LogP contribution in [0.5, 0.6) is 11.6 Å². The minimum Gasteiger partial charge on any atom is -0.497 e. The number of carbonyl (C=O) groups is 4. The van der Waals surface area contributed by atoms with Crippen LogP contribution in [-0.4, -0.2) is 89.9 Å². The Labute approximate surface area is 320 Å². The van der Waals surface area contributed by atoms with E-state index in [1.165, 1.54) is 4.90 Å². The van der Waals surface area contributed by atoms with Crippen LogP contribution in [-0.2, 0) is 24.4 Å². The molecule has 4 amide bonds. The molecule has 0 radical (unpaired) electrons. The van der Waals surface area contributed by atoms with Crippen LogP contribution in [0, 0.1) is 17.8 Å². The topological polar surface area (TPSA) is 193 Å². The SMILES string of the molecule is COc1ccc2c(O[C@@H]3C[C@H]4C(=O)N[C@]5(C(=O)NS(=O)(=O)C6CC6)C[C@H]5/C=C\CC[C@@H](C)C[C@@H](C)[C@H](NC(=O)O)C(=O)N4C3)nc(-c3ccccc3)cc2c1. The lowest BCUT2D eigenvalue weighted by Gasteiger charge is -2.32. The fourth-order valence-corrected chi connectivity index (χ4v) is 9.33. The third kappa shape index (κ3) is 8.12. The van der Waals surface area contributed by atoms with E-state index in [0.29, 0.717) is 42.5 Å². The van der Waals surface area contributed by atoms with Gasteiger partial charge in [0.15, 0.2) is 0 Å². The molecule has 3 aromatic rings. The van der Waals surface area contributed by atoms with Gasteiger partial charge in [-0.2, -0.15) is 0 Å². The molecule has 0 unspecified atom stereocenters. The predicted molar refractivity (Wildman–Crippen MR) is 204 cm³/mol. The highest BCUT2D eigenvalue weighted by atomic mass is 32.2. The summed E-state index contributed by atoms with van der Waals surface area (Å²) in [6.45, 7) is 3.77. The standard InChI is InChI=1S/C40H47N5O9S/c1-23-9-7-8-12-27-21-40(27,38(48)44-55(51,52)30-14-15-30)43-35(46)33-20-29(22-45(33)37(47)34(24(2)17-23)42-39(49)50)54-36-31-16-13-28(53-3)18-26(31)19-32(41-36)25-10-5-4-6-11-25/h4-6,8,10-13,16,18-19,23-24,27,29-30,33-34,42H,7,9,14-15,17,20-22H2,1-3H3,(H,43,46)(H,44,48)(H,49,50)/b12-8-/t23-,24-,27-,29-,33+,34+,40-/m1/s1. The summed E-state index contributed by atoms with van der Waals surface area (Å²) in [5.74, 6) is -1.93. The molecular weight excluding hydrogens is 727 g/mol. The first-order valence-corrected chi connectivity index (χ1v) is 20.4. The third-order valence-electron chi connectivity index (χ3n) is 11.2. The van der Waals surface area contributed by atoms with Gasteiger partial charge in [-0.1, -0.05) is 56.3 Å². The number of amides is 4. The van der Waals surface area contributed by atoms with Crippen molar-refractivity contribution >= 4 is 44.6 Å². The summed E-state index contributed by atoms with van der Waals surface area (Å²) < 4.78 is 40.0. The Morgan fingerprint density at radius 2 is 1.80 bits per heavy atom. The molecular formula is C40H47N5O9S. The van der Waals surface area contributed by atoms with Crippen LogP contribution >= 0.6 is 0 Å². The van der Waals surface area contributed by atoms with Gasteiger partial charge >= 0.3 is 6.09 Å². The van der Waals surface area contributed by atoms with Gasteiger partial charge < -0.3 is 30.1 Å². The van der Waals surface area contributed by atoms with Gasteiger partial charge in [-0.05, 0) is 80.0 Å². The number of rotatable bonds is 8. The number of sulfonamides is 1. The minimum absolute atomic E-state index is 0.00435. The second-order valence-corrected chi connectivity index (χ2v) is 17.4. The smallest absolute Gasteiger partial charge is 0.405 e. The first kappa shape index (κ1) is 38.1. The summed E-state index contributed by atoms with van der Waals surface area (Å²) in [6.07, 6.45) is 4.66. The molecule has 2 aromatic carbocycles. The molecule has 0 bridgehead atoms. The zero-order chi connectivity index (χ0) is 39.1. The van der Waals surface area contributed by atoms with Crippen LogP contribution in [0.4, 0.5) is 4.79 Å². The fraction of sp³-hybridized carbons (Fsp3) is 0.475. The molecule has 7 rings (SSSR count). The lowest BCUT2D eigenvalue weighted by atomic mass is 9.88. The van der Waals surface area contributed by atoms with Crippen molar-refractivity contribution in [1.29, 1.82) is 0 Å². The summed E-state index contributed by atoms with van der Waals surface area (Å²) in [5, 5.41) is 15.9. The van der Waals surface area contributed by atoms with E-state index in [2.05, 4.69) is 15.4 Å². The summed E-state index contributed by atoms with van der Waals surface area (Å²) in [6, 6.07) is 14.6. The highest BCUT2D eigenvalue weighted by Crippen LogP contribution is 2.46. The van der Waals surface area contributed by atoms with Crippen molar-refractivity contribution in [1.82, 2.24) is 25.2 Å². The first-order valence-electron chi connectivity index (χ1n) is 18.8. The number of methoxy groups -OCH3 is 1. The van der Waals surface area contributed by atoms with Crippen molar-refractivity contribution in [3.63, 3.8) is 0 Å². The van der Waals surface area contributed by atoms with E-state index in [1.807, 2.05) is 74.5 Å². The molecule has 2 aliphatic carbocycles. The second kappa shape index (κ2) is 15.2. The number of carboxylic acid groups (broad SMARTS) is 1. The second-order valence-electron chi connectivity index (χ2n) is 15.4. The summed E-state index contributed by atoms with van der Waals surface area (Å²) in [5.41, 5.74) is -0.0626. The Balaban J connectivity index is 1.25. The van der Waals surface area contributed by atoms with Crippen LogP contribution < -0.4 is 24.8 Å². The highest BCUT2D eigenvalue weighted by molar-refractivity contribution is 7.91. The Morgan fingerprint density at radius 3 is 2.51 bits per heavy atom. The van der Waals surface area contributed by atoms with Gasteiger partial charge in [0, 0.05) is 23.3 Å². The van der Waals surface area contributed by atoms with Gasteiger partial charge in [-0.15, -0.1) is 0 Å². The van der Waals surface area contributed by atoms with Gasteiger partial charge in [0.1, 0.15) is 29.5 Å². The van der Waals surface area contributed by atoms with E-state index < -0.39 is 74.7 Å². The van der Waals surface area contributed by atoms with Crippen LogP contribution in [0.25, 0.3) is 22.0 Å².